The van der Waals surface area contributed by atoms with E-state index in [0.717, 1.165) is 26.1 Å². The molecular weight excluding hydrogens is 334 g/mol. The summed E-state index contributed by atoms with van der Waals surface area (Å²) in [6.45, 7) is 4.59. The van der Waals surface area contributed by atoms with Crippen molar-refractivity contribution in [3.05, 3.63) is 0 Å². The Kier molecular flexibility index (Phi) is 17.7. The van der Waals surface area contributed by atoms with Crippen molar-refractivity contribution in [2.45, 2.75) is 135 Å². The highest BCUT2D eigenvalue weighted by molar-refractivity contribution is 4.73. The molecule has 0 aliphatic carbocycles. The Balaban J connectivity index is 1.67. The summed E-state index contributed by atoms with van der Waals surface area (Å²) < 4.78 is 11.6. The van der Waals surface area contributed by atoms with Gasteiger partial charge in [0.05, 0.1) is 18.8 Å². The molecule has 162 valence electrons. The van der Waals surface area contributed by atoms with Crippen molar-refractivity contribution in [3.63, 3.8) is 0 Å². The van der Waals surface area contributed by atoms with Crippen LogP contribution in [0, 0.1) is 0 Å². The zero-order chi connectivity index (χ0) is 19.4. The van der Waals surface area contributed by atoms with Crippen LogP contribution in [-0.2, 0) is 9.47 Å². The third kappa shape index (κ3) is 15.5. The van der Waals surface area contributed by atoms with Crippen LogP contribution in [0.3, 0.4) is 0 Å². The molecule has 0 bridgehead atoms. The Morgan fingerprint density at radius 3 is 1.56 bits per heavy atom. The summed E-state index contributed by atoms with van der Waals surface area (Å²) in [5.74, 6) is 0. The van der Waals surface area contributed by atoms with Gasteiger partial charge in [-0.2, -0.15) is 0 Å². The van der Waals surface area contributed by atoms with Crippen molar-refractivity contribution in [3.8, 4) is 0 Å². The third-order valence-electron chi connectivity index (χ3n) is 5.90. The van der Waals surface area contributed by atoms with Crippen LogP contribution in [-0.4, -0.2) is 32.0 Å². The van der Waals surface area contributed by atoms with E-state index < -0.39 is 0 Å². The van der Waals surface area contributed by atoms with Crippen LogP contribution < -0.4 is 5.73 Å². The Labute approximate surface area is 170 Å². The molecule has 1 heterocycles. The van der Waals surface area contributed by atoms with Crippen LogP contribution in [0.2, 0.25) is 0 Å². The van der Waals surface area contributed by atoms with Crippen LogP contribution in [0.5, 0.6) is 0 Å². The molecule has 1 fully saturated rings. The van der Waals surface area contributed by atoms with Gasteiger partial charge in [-0.25, -0.2) is 0 Å². The summed E-state index contributed by atoms with van der Waals surface area (Å²) in [5, 5.41) is 0. The van der Waals surface area contributed by atoms with E-state index in [1.807, 2.05) is 0 Å². The lowest BCUT2D eigenvalue weighted by molar-refractivity contribution is -0.0126. The lowest BCUT2D eigenvalue weighted by Crippen LogP contribution is -2.22. The van der Waals surface area contributed by atoms with Crippen molar-refractivity contribution in [1.82, 2.24) is 0 Å². The topological polar surface area (TPSA) is 44.5 Å². The molecule has 2 atom stereocenters. The van der Waals surface area contributed by atoms with Crippen molar-refractivity contribution in [2.75, 3.05) is 19.8 Å². The quantitative estimate of drug-likeness (QED) is 0.236. The molecule has 1 rings (SSSR count). The van der Waals surface area contributed by atoms with E-state index in [9.17, 15) is 0 Å². The summed E-state index contributed by atoms with van der Waals surface area (Å²) >= 11 is 0. The monoisotopic (exact) mass is 383 g/mol. The average molecular weight is 384 g/mol. The predicted molar refractivity (Wildman–Crippen MR) is 117 cm³/mol. The Bertz CT molecular complexity index is 298. The first-order valence-electron chi connectivity index (χ1n) is 12.3. The number of nitrogens with two attached hydrogens (primary N) is 1. The highest BCUT2D eigenvalue weighted by Gasteiger charge is 2.23. The number of rotatable bonds is 20. The maximum Gasteiger partial charge on any atom is 0.0813 e. The second-order valence-electron chi connectivity index (χ2n) is 8.57. The average Bonchev–Trinajstić information content (AvgIpc) is 3.15. The van der Waals surface area contributed by atoms with Crippen molar-refractivity contribution in [2.24, 2.45) is 5.73 Å². The molecule has 0 aromatic carbocycles. The number of ether oxygens (including phenoxy) is 2. The fourth-order valence-corrected chi connectivity index (χ4v) is 4.04. The van der Waals surface area contributed by atoms with Gasteiger partial charge in [-0.3, -0.25) is 0 Å². The van der Waals surface area contributed by atoms with Gasteiger partial charge in [0.15, 0.2) is 0 Å². The molecule has 0 aromatic rings. The zero-order valence-electron chi connectivity index (χ0n) is 18.4. The highest BCUT2D eigenvalue weighted by Crippen LogP contribution is 2.19. The summed E-state index contributed by atoms with van der Waals surface area (Å²) in [5.41, 5.74) is 5.63. The molecule has 1 aliphatic heterocycles. The van der Waals surface area contributed by atoms with Gasteiger partial charge < -0.3 is 15.2 Å². The first-order chi connectivity index (χ1) is 13.4. The molecule has 1 saturated heterocycles. The molecule has 3 nitrogen and oxygen atoms in total. The van der Waals surface area contributed by atoms with Crippen molar-refractivity contribution in [1.29, 1.82) is 0 Å². The van der Waals surface area contributed by atoms with E-state index in [-0.39, 0.29) is 6.10 Å². The van der Waals surface area contributed by atoms with Gasteiger partial charge in [0.1, 0.15) is 0 Å². The fraction of sp³-hybridized carbons (Fsp3) is 1.00. The van der Waals surface area contributed by atoms with Crippen LogP contribution in [0.1, 0.15) is 122 Å². The number of hydrogen-bond acceptors (Lipinski definition) is 3. The molecule has 1 aliphatic rings. The molecule has 27 heavy (non-hydrogen) atoms. The SMILES string of the molecule is CCCCCCCCCCCCCCCCCCOC[C@@H]1CC[C@@H](CN)O1. The fourth-order valence-electron chi connectivity index (χ4n) is 4.04. The first-order valence-corrected chi connectivity index (χ1v) is 12.3. The minimum Gasteiger partial charge on any atom is -0.379 e. The van der Waals surface area contributed by atoms with E-state index in [4.69, 9.17) is 15.2 Å². The van der Waals surface area contributed by atoms with Gasteiger partial charge in [0.25, 0.3) is 0 Å². The maximum absolute atomic E-state index is 5.79. The molecule has 2 N–H and O–H groups in total. The van der Waals surface area contributed by atoms with Gasteiger partial charge in [-0.15, -0.1) is 0 Å². The molecule has 0 unspecified atom stereocenters. The van der Waals surface area contributed by atoms with Crippen LogP contribution in [0.4, 0.5) is 0 Å². The maximum atomic E-state index is 5.79. The summed E-state index contributed by atoms with van der Waals surface area (Å²) in [4.78, 5) is 0. The largest absolute Gasteiger partial charge is 0.379 e. The lowest BCUT2D eigenvalue weighted by Gasteiger charge is -2.12. The van der Waals surface area contributed by atoms with Crippen molar-refractivity contribution >= 4 is 0 Å². The van der Waals surface area contributed by atoms with E-state index in [0.29, 0.717) is 12.6 Å². The van der Waals surface area contributed by atoms with Crippen LogP contribution in [0.25, 0.3) is 0 Å². The van der Waals surface area contributed by atoms with E-state index in [2.05, 4.69) is 6.92 Å². The second-order valence-corrected chi connectivity index (χ2v) is 8.57. The Hall–Kier alpha value is -0.120. The first kappa shape index (κ1) is 24.9. The molecule has 0 amide bonds. The highest BCUT2D eigenvalue weighted by atomic mass is 16.5. The standard InChI is InChI=1S/C24H49NO2/c1-2-3-4-5-6-7-8-9-10-11-12-13-14-15-16-17-20-26-22-24-19-18-23(21-25)27-24/h23-24H,2-22,25H2,1H3/t23-,24-/m0/s1. The summed E-state index contributed by atoms with van der Waals surface area (Å²) in [6.07, 6.45) is 25.4. The molecule has 0 spiro atoms. The van der Waals surface area contributed by atoms with Gasteiger partial charge in [0.2, 0.25) is 0 Å². The predicted octanol–water partition coefficient (Wildman–Crippen LogP) is 6.77. The van der Waals surface area contributed by atoms with E-state index in [1.165, 1.54) is 103 Å². The zero-order valence-corrected chi connectivity index (χ0v) is 18.4. The van der Waals surface area contributed by atoms with Gasteiger partial charge >= 0.3 is 0 Å². The van der Waals surface area contributed by atoms with E-state index >= 15 is 0 Å². The van der Waals surface area contributed by atoms with E-state index in [1.54, 1.807) is 0 Å². The Morgan fingerprint density at radius 1 is 0.667 bits per heavy atom. The number of unbranched alkanes of at least 4 members (excludes halogenated alkanes) is 15. The number of hydrogen-bond donors (Lipinski definition) is 1. The molecule has 0 radical (unpaired) electrons. The smallest absolute Gasteiger partial charge is 0.0813 e. The van der Waals surface area contributed by atoms with Gasteiger partial charge in [0, 0.05) is 13.2 Å². The minimum absolute atomic E-state index is 0.272. The van der Waals surface area contributed by atoms with Gasteiger partial charge in [-0.1, -0.05) is 103 Å². The summed E-state index contributed by atoms with van der Waals surface area (Å²) in [7, 11) is 0. The molecule has 0 aromatic heterocycles. The van der Waals surface area contributed by atoms with Crippen molar-refractivity contribution < 1.29 is 9.47 Å². The molecule has 0 saturated carbocycles. The van der Waals surface area contributed by atoms with Crippen LogP contribution in [0.15, 0.2) is 0 Å². The minimum atomic E-state index is 0.272. The third-order valence-corrected chi connectivity index (χ3v) is 5.90. The van der Waals surface area contributed by atoms with Crippen LogP contribution >= 0.6 is 0 Å². The summed E-state index contributed by atoms with van der Waals surface area (Å²) in [6, 6.07) is 0. The lowest BCUT2D eigenvalue weighted by atomic mass is 10.0. The normalized spacial score (nSPS) is 19.8. The second kappa shape index (κ2) is 19.2. The van der Waals surface area contributed by atoms with Gasteiger partial charge in [-0.05, 0) is 19.3 Å². The molecule has 3 heteroatoms. The Morgan fingerprint density at radius 2 is 1.11 bits per heavy atom. The molecular formula is C24H49NO2.